The molecule has 6 heteroatoms. The molecule has 0 radical (unpaired) electrons. The van der Waals surface area contributed by atoms with E-state index in [0.29, 0.717) is 24.7 Å². The standard InChI is InChI=1S/C18H18FNO4/c19-14-4-1-3-13(9-14)11-24-16-6-2-5-15(10-16)20-18(21)17-12-22-7-8-23-17/h1-6,9-10,17H,7-8,11-12H2,(H,20,21)/t17-/m0/s1. The predicted molar refractivity (Wildman–Crippen MR) is 86.4 cm³/mol. The van der Waals surface area contributed by atoms with Gasteiger partial charge in [-0.2, -0.15) is 0 Å². The van der Waals surface area contributed by atoms with Crippen LogP contribution in [0.1, 0.15) is 5.56 Å². The van der Waals surface area contributed by atoms with Crippen LogP contribution in [0.15, 0.2) is 48.5 Å². The molecule has 1 N–H and O–H groups in total. The molecular formula is C18H18FNO4. The highest BCUT2D eigenvalue weighted by Crippen LogP contribution is 2.19. The fraction of sp³-hybridized carbons (Fsp3) is 0.278. The maximum absolute atomic E-state index is 13.2. The van der Waals surface area contributed by atoms with Gasteiger partial charge in [0.05, 0.1) is 19.8 Å². The lowest BCUT2D eigenvalue weighted by Gasteiger charge is -2.22. The smallest absolute Gasteiger partial charge is 0.255 e. The lowest BCUT2D eigenvalue weighted by molar-refractivity contribution is -0.142. The summed E-state index contributed by atoms with van der Waals surface area (Å²) >= 11 is 0. The van der Waals surface area contributed by atoms with Crippen molar-refractivity contribution in [1.29, 1.82) is 0 Å². The van der Waals surface area contributed by atoms with E-state index in [9.17, 15) is 9.18 Å². The van der Waals surface area contributed by atoms with Crippen molar-refractivity contribution in [3.05, 3.63) is 59.9 Å². The first-order valence-electron chi connectivity index (χ1n) is 7.68. The van der Waals surface area contributed by atoms with Crippen molar-refractivity contribution in [1.82, 2.24) is 0 Å². The van der Waals surface area contributed by atoms with Gasteiger partial charge in [0.2, 0.25) is 0 Å². The highest BCUT2D eigenvalue weighted by molar-refractivity contribution is 5.94. The number of hydrogen-bond donors (Lipinski definition) is 1. The molecule has 1 amide bonds. The van der Waals surface area contributed by atoms with Crippen molar-refractivity contribution in [2.24, 2.45) is 0 Å². The van der Waals surface area contributed by atoms with Crippen molar-refractivity contribution in [3.63, 3.8) is 0 Å². The molecule has 5 nitrogen and oxygen atoms in total. The number of carbonyl (C=O) groups is 1. The molecule has 1 atom stereocenters. The van der Waals surface area contributed by atoms with Crippen molar-refractivity contribution in [2.75, 3.05) is 25.1 Å². The van der Waals surface area contributed by atoms with E-state index in [1.54, 1.807) is 36.4 Å². The third-order valence-corrected chi connectivity index (χ3v) is 3.50. The Morgan fingerprint density at radius 2 is 2.08 bits per heavy atom. The van der Waals surface area contributed by atoms with Gasteiger partial charge in [0.1, 0.15) is 18.2 Å². The van der Waals surface area contributed by atoms with Crippen molar-refractivity contribution in [2.45, 2.75) is 12.7 Å². The molecule has 1 fully saturated rings. The first-order valence-corrected chi connectivity index (χ1v) is 7.68. The second-order valence-corrected chi connectivity index (χ2v) is 5.37. The van der Waals surface area contributed by atoms with E-state index in [1.807, 2.05) is 0 Å². The van der Waals surface area contributed by atoms with E-state index >= 15 is 0 Å². The van der Waals surface area contributed by atoms with Gasteiger partial charge in [0.15, 0.2) is 6.10 Å². The predicted octanol–water partition coefficient (Wildman–Crippen LogP) is 2.76. The van der Waals surface area contributed by atoms with Crippen LogP contribution in [0.3, 0.4) is 0 Å². The molecule has 2 aromatic rings. The van der Waals surface area contributed by atoms with E-state index < -0.39 is 6.10 Å². The van der Waals surface area contributed by atoms with Crippen LogP contribution in [0.4, 0.5) is 10.1 Å². The Morgan fingerprint density at radius 3 is 2.88 bits per heavy atom. The minimum Gasteiger partial charge on any atom is -0.489 e. The van der Waals surface area contributed by atoms with E-state index in [4.69, 9.17) is 14.2 Å². The molecule has 0 aliphatic carbocycles. The lowest BCUT2D eigenvalue weighted by atomic mass is 10.2. The molecule has 1 heterocycles. The monoisotopic (exact) mass is 331 g/mol. The zero-order valence-electron chi connectivity index (χ0n) is 13.0. The Labute approximate surface area is 139 Å². The Kier molecular flexibility index (Phi) is 5.40. The van der Waals surface area contributed by atoms with Gasteiger partial charge in [-0.1, -0.05) is 18.2 Å². The molecule has 1 aliphatic heterocycles. The molecule has 0 bridgehead atoms. The molecule has 0 aromatic heterocycles. The summed E-state index contributed by atoms with van der Waals surface area (Å²) < 4.78 is 29.4. The Bertz CT molecular complexity index is 701. The third kappa shape index (κ3) is 4.53. The van der Waals surface area contributed by atoms with Crippen molar-refractivity contribution >= 4 is 11.6 Å². The van der Waals surface area contributed by atoms with Crippen LogP contribution < -0.4 is 10.1 Å². The molecule has 3 rings (SSSR count). The summed E-state index contributed by atoms with van der Waals surface area (Å²) in [6, 6.07) is 13.2. The summed E-state index contributed by atoms with van der Waals surface area (Å²) in [5.74, 6) is 0.0293. The largest absolute Gasteiger partial charge is 0.489 e. The number of nitrogens with one attached hydrogen (secondary N) is 1. The van der Waals surface area contributed by atoms with Gasteiger partial charge >= 0.3 is 0 Å². The molecule has 24 heavy (non-hydrogen) atoms. The van der Waals surface area contributed by atoms with Crippen LogP contribution >= 0.6 is 0 Å². The highest BCUT2D eigenvalue weighted by Gasteiger charge is 2.22. The van der Waals surface area contributed by atoms with Crippen LogP contribution in [0.25, 0.3) is 0 Å². The van der Waals surface area contributed by atoms with Crippen molar-refractivity contribution < 1.29 is 23.4 Å². The van der Waals surface area contributed by atoms with E-state index in [-0.39, 0.29) is 24.9 Å². The fourth-order valence-electron chi connectivity index (χ4n) is 2.32. The number of hydrogen-bond acceptors (Lipinski definition) is 4. The molecule has 126 valence electrons. The normalized spacial score (nSPS) is 17.3. The van der Waals surface area contributed by atoms with Crippen LogP contribution in [0.5, 0.6) is 5.75 Å². The van der Waals surface area contributed by atoms with Crippen LogP contribution in [0, 0.1) is 5.82 Å². The van der Waals surface area contributed by atoms with Gasteiger partial charge in [0.25, 0.3) is 5.91 Å². The maximum Gasteiger partial charge on any atom is 0.255 e. The summed E-state index contributed by atoms with van der Waals surface area (Å²) in [6.45, 7) is 1.42. The van der Waals surface area contributed by atoms with Gasteiger partial charge in [-0.05, 0) is 29.8 Å². The topological polar surface area (TPSA) is 56.8 Å². The van der Waals surface area contributed by atoms with E-state index in [0.717, 1.165) is 5.56 Å². The highest BCUT2D eigenvalue weighted by atomic mass is 19.1. The van der Waals surface area contributed by atoms with Gasteiger partial charge in [-0.15, -0.1) is 0 Å². The number of anilines is 1. The van der Waals surface area contributed by atoms with Crippen LogP contribution in [-0.4, -0.2) is 31.8 Å². The average molecular weight is 331 g/mol. The third-order valence-electron chi connectivity index (χ3n) is 3.50. The minimum atomic E-state index is -0.601. The first kappa shape index (κ1) is 16.4. The summed E-state index contributed by atoms with van der Waals surface area (Å²) in [5, 5.41) is 2.78. The summed E-state index contributed by atoms with van der Waals surface area (Å²) in [4.78, 5) is 12.1. The molecule has 0 unspecified atom stereocenters. The number of halogens is 1. The Morgan fingerprint density at radius 1 is 1.21 bits per heavy atom. The molecular weight excluding hydrogens is 313 g/mol. The van der Waals surface area contributed by atoms with E-state index in [1.165, 1.54) is 12.1 Å². The van der Waals surface area contributed by atoms with E-state index in [2.05, 4.69) is 5.32 Å². The number of ether oxygens (including phenoxy) is 3. The number of amides is 1. The van der Waals surface area contributed by atoms with Crippen LogP contribution in [0.2, 0.25) is 0 Å². The molecule has 1 saturated heterocycles. The van der Waals surface area contributed by atoms with Gasteiger partial charge in [0, 0.05) is 11.8 Å². The Hall–Kier alpha value is -2.44. The maximum atomic E-state index is 13.2. The first-order chi connectivity index (χ1) is 11.7. The molecule has 1 aliphatic rings. The van der Waals surface area contributed by atoms with Crippen molar-refractivity contribution in [3.8, 4) is 5.75 Å². The second kappa shape index (κ2) is 7.90. The summed E-state index contributed by atoms with van der Waals surface area (Å²) in [6.07, 6.45) is -0.601. The number of carbonyl (C=O) groups excluding carboxylic acids is 1. The SMILES string of the molecule is O=C(Nc1cccc(OCc2cccc(F)c2)c1)[C@@H]1COCCO1. The van der Waals surface area contributed by atoms with Gasteiger partial charge in [-0.3, -0.25) is 4.79 Å². The number of benzene rings is 2. The Balaban J connectivity index is 1.58. The zero-order chi connectivity index (χ0) is 16.8. The van der Waals surface area contributed by atoms with Gasteiger partial charge in [-0.25, -0.2) is 4.39 Å². The molecule has 2 aromatic carbocycles. The molecule has 0 saturated carbocycles. The lowest BCUT2D eigenvalue weighted by Crippen LogP contribution is -2.39. The minimum absolute atomic E-state index is 0.245. The summed E-state index contributed by atoms with van der Waals surface area (Å²) in [7, 11) is 0. The average Bonchev–Trinajstić information content (AvgIpc) is 2.61. The quantitative estimate of drug-likeness (QED) is 0.915. The zero-order valence-corrected chi connectivity index (χ0v) is 13.0. The number of rotatable bonds is 5. The molecule has 0 spiro atoms. The van der Waals surface area contributed by atoms with Gasteiger partial charge < -0.3 is 19.5 Å². The fourth-order valence-corrected chi connectivity index (χ4v) is 2.32. The van der Waals surface area contributed by atoms with Crippen LogP contribution in [-0.2, 0) is 20.9 Å². The second-order valence-electron chi connectivity index (χ2n) is 5.37. The summed E-state index contributed by atoms with van der Waals surface area (Å²) in [5.41, 5.74) is 1.34.